The maximum Gasteiger partial charge on any atom is 0.224 e. The smallest absolute Gasteiger partial charge is 0.224 e. The molecule has 7 heteroatoms. The highest BCUT2D eigenvalue weighted by Crippen LogP contribution is 2.15. The summed E-state index contributed by atoms with van der Waals surface area (Å²) in [6, 6.07) is 0. The first-order valence-corrected chi connectivity index (χ1v) is 8.63. The fraction of sp³-hybridized carbons (Fsp3) is 0.750. The molecule has 2 fully saturated rings. The SMILES string of the molecule is O=C(CCC1CCNC1)Nc1cnn(CCN2CCOCC2)c1. The molecule has 3 heterocycles. The second-order valence-electron chi connectivity index (χ2n) is 6.39. The maximum absolute atomic E-state index is 12.0. The average Bonchev–Trinajstić information content (AvgIpc) is 3.24. The van der Waals surface area contributed by atoms with Gasteiger partial charge in [0.15, 0.2) is 0 Å². The van der Waals surface area contributed by atoms with Crippen LogP contribution in [0.5, 0.6) is 0 Å². The summed E-state index contributed by atoms with van der Waals surface area (Å²) in [5.74, 6) is 0.738. The van der Waals surface area contributed by atoms with Crippen LogP contribution in [0.25, 0.3) is 0 Å². The Morgan fingerprint density at radius 2 is 2.26 bits per heavy atom. The molecule has 0 spiro atoms. The van der Waals surface area contributed by atoms with Crippen molar-refractivity contribution in [2.24, 2.45) is 5.92 Å². The standard InChI is InChI=1S/C16H27N5O2/c22-16(2-1-14-3-4-17-11-14)19-15-12-18-21(13-15)6-5-20-7-9-23-10-8-20/h12-14,17H,1-11H2,(H,19,22). The van der Waals surface area contributed by atoms with E-state index in [0.717, 1.165) is 64.6 Å². The van der Waals surface area contributed by atoms with Crippen molar-refractivity contribution < 1.29 is 9.53 Å². The number of carbonyl (C=O) groups is 1. The van der Waals surface area contributed by atoms with E-state index in [2.05, 4.69) is 20.6 Å². The number of anilines is 1. The second kappa shape index (κ2) is 8.42. The molecule has 2 aliphatic heterocycles. The van der Waals surface area contributed by atoms with E-state index < -0.39 is 0 Å². The number of morpholine rings is 1. The van der Waals surface area contributed by atoms with E-state index in [0.29, 0.717) is 12.3 Å². The molecule has 1 unspecified atom stereocenters. The molecule has 1 amide bonds. The van der Waals surface area contributed by atoms with Crippen LogP contribution in [0, 0.1) is 5.92 Å². The van der Waals surface area contributed by atoms with E-state index in [-0.39, 0.29) is 5.91 Å². The summed E-state index contributed by atoms with van der Waals surface area (Å²) in [6.45, 7) is 7.54. The number of hydrogen-bond acceptors (Lipinski definition) is 5. The third kappa shape index (κ3) is 5.30. The molecular weight excluding hydrogens is 294 g/mol. The van der Waals surface area contributed by atoms with Crippen LogP contribution < -0.4 is 10.6 Å². The monoisotopic (exact) mass is 321 g/mol. The molecule has 0 bridgehead atoms. The Morgan fingerprint density at radius 1 is 1.39 bits per heavy atom. The molecule has 0 radical (unpaired) electrons. The quantitative estimate of drug-likeness (QED) is 0.767. The minimum absolute atomic E-state index is 0.0876. The first-order valence-electron chi connectivity index (χ1n) is 8.63. The van der Waals surface area contributed by atoms with E-state index in [4.69, 9.17) is 4.74 Å². The topological polar surface area (TPSA) is 71.4 Å². The van der Waals surface area contributed by atoms with Crippen molar-refractivity contribution in [1.29, 1.82) is 0 Å². The van der Waals surface area contributed by atoms with E-state index in [1.165, 1.54) is 6.42 Å². The summed E-state index contributed by atoms with van der Waals surface area (Å²) in [5.41, 5.74) is 0.793. The molecule has 3 rings (SSSR count). The van der Waals surface area contributed by atoms with Crippen LogP contribution >= 0.6 is 0 Å². The highest BCUT2D eigenvalue weighted by Gasteiger charge is 2.16. The van der Waals surface area contributed by atoms with Crippen molar-refractivity contribution in [2.75, 3.05) is 51.3 Å². The van der Waals surface area contributed by atoms with Gasteiger partial charge in [-0.15, -0.1) is 0 Å². The van der Waals surface area contributed by atoms with Crippen LogP contribution in [0.1, 0.15) is 19.3 Å². The minimum atomic E-state index is 0.0876. The summed E-state index contributed by atoms with van der Waals surface area (Å²) in [6.07, 6.45) is 6.38. The van der Waals surface area contributed by atoms with E-state index in [9.17, 15) is 4.79 Å². The minimum Gasteiger partial charge on any atom is -0.379 e. The van der Waals surface area contributed by atoms with E-state index in [1.54, 1.807) is 6.20 Å². The average molecular weight is 321 g/mol. The second-order valence-corrected chi connectivity index (χ2v) is 6.39. The molecule has 0 saturated carbocycles. The number of hydrogen-bond donors (Lipinski definition) is 2. The van der Waals surface area contributed by atoms with Gasteiger partial charge in [-0.1, -0.05) is 0 Å². The first-order chi connectivity index (χ1) is 11.3. The van der Waals surface area contributed by atoms with Gasteiger partial charge in [-0.3, -0.25) is 14.4 Å². The summed E-state index contributed by atoms with van der Waals surface area (Å²) in [5, 5.41) is 10.6. The molecule has 2 N–H and O–H groups in total. The molecule has 1 aromatic rings. The third-order valence-electron chi connectivity index (χ3n) is 4.61. The number of ether oxygens (including phenoxy) is 1. The predicted molar refractivity (Wildman–Crippen MR) is 88.3 cm³/mol. The predicted octanol–water partition coefficient (Wildman–Crippen LogP) is 0.544. The van der Waals surface area contributed by atoms with Crippen molar-refractivity contribution in [2.45, 2.75) is 25.8 Å². The van der Waals surface area contributed by atoms with Crippen LogP contribution in [-0.4, -0.2) is 66.5 Å². The third-order valence-corrected chi connectivity index (χ3v) is 4.61. The van der Waals surface area contributed by atoms with E-state index in [1.807, 2.05) is 10.9 Å². The number of amides is 1. The number of rotatable bonds is 7. The molecular formula is C16H27N5O2. The molecule has 1 aromatic heterocycles. The number of nitrogens with zero attached hydrogens (tertiary/aromatic N) is 3. The Balaban J connectivity index is 1.36. The lowest BCUT2D eigenvalue weighted by Crippen LogP contribution is -2.38. The molecule has 0 aromatic carbocycles. The zero-order valence-corrected chi connectivity index (χ0v) is 13.7. The fourth-order valence-corrected chi connectivity index (χ4v) is 3.14. The van der Waals surface area contributed by atoms with Gasteiger partial charge in [0.25, 0.3) is 0 Å². The van der Waals surface area contributed by atoms with Crippen LogP contribution in [0.2, 0.25) is 0 Å². The lowest BCUT2D eigenvalue weighted by Gasteiger charge is -2.26. The summed E-state index contributed by atoms with van der Waals surface area (Å²) < 4.78 is 7.24. The Morgan fingerprint density at radius 3 is 3.04 bits per heavy atom. The Labute approximate surface area is 137 Å². The van der Waals surface area contributed by atoms with Gasteiger partial charge in [0.1, 0.15) is 0 Å². The Kier molecular flexibility index (Phi) is 6.01. The van der Waals surface area contributed by atoms with Gasteiger partial charge in [-0.25, -0.2) is 0 Å². The number of aromatic nitrogens is 2. The van der Waals surface area contributed by atoms with Gasteiger partial charge in [0, 0.05) is 32.3 Å². The molecule has 1 atom stereocenters. The number of nitrogens with one attached hydrogen (secondary N) is 2. The van der Waals surface area contributed by atoms with Crippen LogP contribution in [0.3, 0.4) is 0 Å². The Bertz CT molecular complexity index is 492. The van der Waals surface area contributed by atoms with Gasteiger partial charge < -0.3 is 15.4 Å². The largest absolute Gasteiger partial charge is 0.379 e. The van der Waals surface area contributed by atoms with Gasteiger partial charge in [-0.05, 0) is 31.8 Å². The van der Waals surface area contributed by atoms with Gasteiger partial charge in [-0.2, -0.15) is 5.10 Å². The van der Waals surface area contributed by atoms with Gasteiger partial charge >= 0.3 is 0 Å². The highest BCUT2D eigenvalue weighted by molar-refractivity contribution is 5.90. The van der Waals surface area contributed by atoms with Crippen molar-refractivity contribution in [3.63, 3.8) is 0 Å². The molecule has 23 heavy (non-hydrogen) atoms. The summed E-state index contributed by atoms with van der Waals surface area (Å²) >= 11 is 0. The van der Waals surface area contributed by atoms with Crippen molar-refractivity contribution in [3.05, 3.63) is 12.4 Å². The van der Waals surface area contributed by atoms with Crippen molar-refractivity contribution in [3.8, 4) is 0 Å². The normalized spacial score (nSPS) is 22.3. The maximum atomic E-state index is 12.0. The first kappa shape index (κ1) is 16.4. The van der Waals surface area contributed by atoms with Crippen LogP contribution in [-0.2, 0) is 16.1 Å². The Hall–Kier alpha value is -1.44. The van der Waals surface area contributed by atoms with Gasteiger partial charge in [0.05, 0.1) is 31.6 Å². The molecule has 2 saturated heterocycles. The van der Waals surface area contributed by atoms with Gasteiger partial charge in [0.2, 0.25) is 5.91 Å². The summed E-state index contributed by atoms with van der Waals surface area (Å²) in [7, 11) is 0. The molecule has 2 aliphatic rings. The van der Waals surface area contributed by atoms with Crippen LogP contribution in [0.4, 0.5) is 5.69 Å². The zero-order chi connectivity index (χ0) is 15.9. The molecule has 0 aliphatic carbocycles. The lowest BCUT2D eigenvalue weighted by atomic mass is 10.0. The van der Waals surface area contributed by atoms with Crippen molar-refractivity contribution >= 4 is 11.6 Å². The van der Waals surface area contributed by atoms with Crippen molar-refractivity contribution in [1.82, 2.24) is 20.0 Å². The fourth-order valence-electron chi connectivity index (χ4n) is 3.14. The lowest BCUT2D eigenvalue weighted by molar-refractivity contribution is -0.116. The molecule has 7 nitrogen and oxygen atoms in total. The molecule has 128 valence electrons. The zero-order valence-electron chi connectivity index (χ0n) is 13.7. The number of carbonyl (C=O) groups excluding carboxylic acids is 1. The highest BCUT2D eigenvalue weighted by atomic mass is 16.5. The van der Waals surface area contributed by atoms with Crippen LogP contribution in [0.15, 0.2) is 12.4 Å². The van der Waals surface area contributed by atoms with E-state index >= 15 is 0 Å². The summed E-state index contributed by atoms with van der Waals surface area (Å²) in [4.78, 5) is 14.4.